The highest BCUT2D eigenvalue weighted by Gasteiger charge is 2.27. The highest BCUT2D eigenvalue weighted by Crippen LogP contribution is 2.25. The molecule has 0 aliphatic carbocycles. The zero-order chi connectivity index (χ0) is 16.2. The van der Waals surface area contributed by atoms with Crippen LogP contribution in [0, 0.1) is 17.2 Å². The van der Waals surface area contributed by atoms with Crippen molar-refractivity contribution in [3.63, 3.8) is 0 Å². The second-order valence-corrected chi connectivity index (χ2v) is 6.89. The second-order valence-electron chi connectivity index (χ2n) is 6.89. The molecular formula is C18H26N4O. The first-order valence-corrected chi connectivity index (χ1v) is 8.63. The van der Waals surface area contributed by atoms with Crippen LogP contribution in [0.3, 0.4) is 0 Å². The van der Waals surface area contributed by atoms with Gasteiger partial charge in [-0.05, 0) is 44.7 Å². The van der Waals surface area contributed by atoms with E-state index in [1.807, 2.05) is 12.1 Å². The molecule has 2 aliphatic heterocycles. The number of piperidine rings is 1. The maximum Gasteiger partial charge on any atom is 0.146 e. The van der Waals surface area contributed by atoms with Crippen LogP contribution in [-0.2, 0) is 4.74 Å². The standard InChI is InChI=1S/C18H26N4O/c1-14-11-21(12-15(2)23-14)13-16-5-8-22(9-6-16)18-17(10-19)4-3-7-20-18/h3-4,7,14-16H,5-6,8-9,11-13H2,1-2H3/t14-,15-/m1/s1. The third-order valence-corrected chi connectivity index (χ3v) is 4.83. The molecule has 3 rings (SSSR count). The molecule has 2 fully saturated rings. The minimum Gasteiger partial charge on any atom is -0.373 e. The zero-order valence-electron chi connectivity index (χ0n) is 14.1. The monoisotopic (exact) mass is 314 g/mol. The van der Waals surface area contributed by atoms with Gasteiger partial charge in [-0.1, -0.05) is 0 Å². The summed E-state index contributed by atoms with van der Waals surface area (Å²) in [5, 5.41) is 9.23. The van der Waals surface area contributed by atoms with E-state index in [-0.39, 0.29) is 0 Å². The average Bonchev–Trinajstić information content (AvgIpc) is 2.54. The molecule has 0 bridgehead atoms. The van der Waals surface area contributed by atoms with Crippen LogP contribution in [0.4, 0.5) is 5.82 Å². The number of hydrogen-bond donors (Lipinski definition) is 0. The maximum absolute atomic E-state index is 9.23. The Balaban J connectivity index is 1.53. The lowest BCUT2D eigenvalue weighted by Crippen LogP contribution is -2.48. The molecule has 1 aromatic heterocycles. The Kier molecular flexibility index (Phi) is 5.14. The maximum atomic E-state index is 9.23. The predicted molar refractivity (Wildman–Crippen MR) is 90.3 cm³/mol. The Morgan fingerprint density at radius 2 is 1.96 bits per heavy atom. The highest BCUT2D eigenvalue weighted by atomic mass is 16.5. The van der Waals surface area contributed by atoms with Crippen molar-refractivity contribution in [3.05, 3.63) is 23.9 Å². The first-order chi connectivity index (χ1) is 11.2. The van der Waals surface area contributed by atoms with Gasteiger partial charge in [0.1, 0.15) is 11.9 Å². The van der Waals surface area contributed by atoms with Gasteiger partial charge in [-0.3, -0.25) is 4.90 Å². The third-order valence-electron chi connectivity index (χ3n) is 4.83. The summed E-state index contributed by atoms with van der Waals surface area (Å²) in [7, 11) is 0. The van der Waals surface area contributed by atoms with Gasteiger partial charge in [-0.15, -0.1) is 0 Å². The Morgan fingerprint density at radius 1 is 1.26 bits per heavy atom. The molecular weight excluding hydrogens is 288 g/mol. The Morgan fingerprint density at radius 3 is 2.61 bits per heavy atom. The van der Waals surface area contributed by atoms with E-state index in [0.29, 0.717) is 17.8 Å². The first-order valence-electron chi connectivity index (χ1n) is 8.63. The van der Waals surface area contributed by atoms with Crippen LogP contribution < -0.4 is 4.90 Å². The summed E-state index contributed by atoms with van der Waals surface area (Å²) in [5.74, 6) is 1.58. The van der Waals surface area contributed by atoms with Gasteiger partial charge in [0.25, 0.3) is 0 Å². The van der Waals surface area contributed by atoms with Gasteiger partial charge >= 0.3 is 0 Å². The number of pyridine rings is 1. The van der Waals surface area contributed by atoms with E-state index >= 15 is 0 Å². The van der Waals surface area contributed by atoms with E-state index in [1.54, 1.807) is 6.20 Å². The number of aromatic nitrogens is 1. The summed E-state index contributed by atoms with van der Waals surface area (Å²) in [6, 6.07) is 5.93. The van der Waals surface area contributed by atoms with E-state index in [2.05, 4.69) is 34.7 Å². The summed E-state index contributed by atoms with van der Waals surface area (Å²) in [5.41, 5.74) is 0.682. The van der Waals surface area contributed by atoms with Crippen LogP contribution in [0.1, 0.15) is 32.3 Å². The van der Waals surface area contributed by atoms with Crippen molar-refractivity contribution in [2.75, 3.05) is 37.6 Å². The Bertz CT molecular complexity index is 552. The van der Waals surface area contributed by atoms with E-state index < -0.39 is 0 Å². The molecule has 0 spiro atoms. The SMILES string of the molecule is C[C@@H]1CN(CC2CCN(c3ncccc3C#N)CC2)C[C@@H](C)O1. The molecule has 3 heterocycles. The average molecular weight is 314 g/mol. The lowest BCUT2D eigenvalue weighted by molar-refractivity contribution is -0.0720. The lowest BCUT2D eigenvalue weighted by atomic mass is 9.95. The van der Waals surface area contributed by atoms with Gasteiger partial charge in [-0.25, -0.2) is 4.98 Å². The number of anilines is 1. The molecule has 23 heavy (non-hydrogen) atoms. The molecule has 124 valence electrons. The fraction of sp³-hybridized carbons (Fsp3) is 0.667. The Hall–Kier alpha value is -1.64. The van der Waals surface area contributed by atoms with Crippen LogP contribution >= 0.6 is 0 Å². The first kappa shape index (κ1) is 16.2. The van der Waals surface area contributed by atoms with Crippen LogP contribution in [0.25, 0.3) is 0 Å². The van der Waals surface area contributed by atoms with Gasteiger partial charge in [-0.2, -0.15) is 5.26 Å². The molecule has 0 radical (unpaired) electrons. The number of morpholine rings is 1. The quantitative estimate of drug-likeness (QED) is 0.857. The lowest BCUT2D eigenvalue weighted by Gasteiger charge is -2.39. The van der Waals surface area contributed by atoms with E-state index in [1.165, 1.54) is 19.4 Å². The normalized spacial score (nSPS) is 26.9. The van der Waals surface area contributed by atoms with Crippen LogP contribution in [0.5, 0.6) is 0 Å². The minimum absolute atomic E-state index is 0.338. The smallest absolute Gasteiger partial charge is 0.146 e. The molecule has 5 nitrogen and oxygen atoms in total. The molecule has 0 amide bonds. The van der Waals surface area contributed by atoms with Gasteiger partial charge in [0.15, 0.2) is 0 Å². The van der Waals surface area contributed by atoms with Gasteiger partial charge < -0.3 is 9.64 Å². The Labute approximate surface area is 138 Å². The van der Waals surface area contributed by atoms with Crippen LogP contribution in [-0.4, -0.2) is 54.8 Å². The third kappa shape index (κ3) is 4.01. The van der Waals surface area contributed by atoms with Crippen molar-refractivity contribution >= 4 is 5.82 Å². The van der Waals surface area contributed by atoms with Gasteiger partial charge in [0.2, 0.25) is 0 Å². The molecule has 2 atom stereocenters. The zero-order valence-corrected chi connectivity index (χ0v) is 14.1. The van der Waals surface area contributed by atoms with E-state index in [4.69, 9.17) is 4.74 Å². The highest BCUT2D eigenvalue weighted by molar-refractivity contribution is 5.53. The van der Waals surface area contributed by atoms with Crippen molar-refractivity contribution in [3.8, 4) is 6.07 Å². The molecule has 2 saturated heterocycles. The largest absolute Gasteiger partial charge is 0.373 e. The number of nitrogens with zero attached hydrogens (tertiary/aromatic N) is 4. The summed E-state index contributed by atoms with van der Waals surface area (Å²) in [6.45, 7) is 9.56. The minimum atomic E-state index is 0.338. The molecule has 0 saturated carbocycles. The van der Waals surface area contributed by atoms with Crippen molar-refractivity contribution in [2.24, 2.45) is 5.92 Å². The summed E-state index contributed by atoms with van der Waals surface area (Å²) < 4.78 is 5.82. The molecule has 0 N–H and O–H groups in total. The van der Waals surface area contributed by atoms with E-state index in [0.717, 1.165) is 37.9 Å². The second kappa shape index (κ2) is 7.29. The number of hydrogen-bond acceptors (Lipinski definition) is 5. The fourth-order valence-electron chi connectivity index (χ4n) is 3.86. The van der Waals surface area contributed by atoms with E-state index in [9.17, 15) is 5.26 Å². The number of rotatable bonds is 3. The van der Waals surface area contributed by atoms with Crippen molar-refractivity contribution in [2.45, 2.75) is 38.9 Å². The molecule has 0 unspecified atom stereocenters. The fourth-order valence-corrected chi connectivity index (χ4v) is 3.86. The van der Waals surface area contributed by atoms with Gasteiger partial charge in [0, 0.05) is 38.9 Å². The predicted octanol–water partition coefficient (Wildman–Crippen LogP) is 2.28. The van der Waals surface area contributed by atoms with Crippen LogP contribution in [0.15, 0.2) is 18.3 Å². The van der Waals surface area contributed by atoms with Crippen molar-refractivity contribution in [1.29, 1.82) is 5.26 Å². The number of ether oxygens (including phenoxy) is 1. The van der Waals surface area contributed by atoms with Crippen molar-refractivity contribution in [1.82, 2.24) is 9.88 Å². The molecule has 1 aromatic rings. The number of nitriles is 1. The summed E-state index contributed by atoms with van der Waals surface area (Å²) in [6.07, 6.45) is 4.79. The van der Waals surface area contributed by atoms with Crippen molar-refractivity contribution < 1.29 is 4.74 Å². The van der Waals surface area contributed by atoms with Crippen LogP contribution in [0.2, 0.25) is 0 Å². The summed E-state index contributed by atoms with van der Waals surface area (Å²) in [4.78, 5) is 9.23. The molecule has 5 heteroatoms. The topological polar surface area (TPSA) is 52.4 Å². The van der Waals surface area contributed by atoms with Gasteiger partial charge in [0.05, 0.1) is 17.8 Å². The summed E-state index contributed by atoms with van der Waals surface area (Å²) >= 11 is 0. The molecule has 2 aliphatic rings. The molecule has 0 aromatic carbocycles.